The van der Waals surface area contributed by atoms with E-state index in [2.05, 4.69) is 5.10 Å². The Morgan fingerprint density at radius 1 is 1.22 bits per heavy atom. The molecule has 2 aromatic carbocycles. The van der Waals surface area contributed by atoms with Gasteiger partial charge in [-0.25, -0.2) is 0 Å². The van der Waals surface area contributed by atoms with Gasteiger partial charge in [0.15, 0.2) is 12.4 Å². The number of amides is 1. The van der Waals surface area contributed by atoms with Crippen LogP contribution in [-0.4, -0.2) is 28.3 Å². The fourth-order valence-electron chi connectivity index (χ4n) is 2.65. The molecule has 8 heteroatoms. The normalized spacial score (nSPS) is 15.9. The van der Waals surface area contributed by atoms with Crippen molar-refractivity contribution >= 4 is 17.5 Å². The number of hydrogen-bond acceptors (Lipinski definition) is 6. The van der Waals surface area contributed by atoms with Crippen molar-refractivity contribution in [3.05, 3.63) is 69.3 Å². The van der Waals surface area contributed by atoms with Gasteiger partial charge < -0.3 is 9.47 Å². The lowest BCUT2D eigenvalue weighted by atomic mass is 10.1. The molecule has 0 saturated heterocycles. The van der Waals surface area contributed by atoms with Gasteiger partial charge >= 0.3 is 5.69 Å². The van der Waals surface area contributed by atoms with E-state index in [9.17, 15) is 14.9 Å². The van der Waals surface area contributed by atoms with Gasteiger partial charge in [-0.1, -0.05) is 35.9 Å². The van der Waals surface area contributed by atoms with Crippen LogP contribution in [0.5, 0.6) is 5.75 Å². The fraction of sp³-hybridized carbons (Fsp3) is 0.263. The summed E-state index contributed by atoms with van der Waals surface area (Å²) in [6.45, 7) is 4.99. The van der Waals surface area contributed by atoms with Gasteiger partial charge in [0.1, 0.15) is 0 Å². The van der Waals surface area contributed by atoms with E-state index in [1.807, 2.05) is 31.2 Å². The highest BCUT2D eigenvalue weighted by atomic mass is 16.6. The molecule has 1 amide bonds. The average Bonchev–Trinajstić information content (AvgIpc) is 3.06. The first kappa shape index (κ1) is 18.4. The van der Waals surface area contributed by atoms with Gasteiger partial charge in [0.05, 0.1) is 4.92 Å². The van der Waals surface area contributed by atoms with Gasteiger partial charge in [0.25, 0.3) is 0 Å². The first-order valence-electron chi connectivity index (χ1n) is 8.33. The second-order valence-corrected chi connectivity index (χ2v) is 6.26. The number of benzene rings is 2. The quantitative estimate of drug-likeness (QED) is 0.594. The van der Waals surface area contributed by atoms with Crippen LogP contribution in [0.2, 0.25) is 0 Å². The Morgan fingerprint density at radius 3 is 2.52 bits per heavy atom. The lowest BCUT2D eigenvalue weighted by Crippen LogP contribution is -2.25. The van der Waals surface area contributed by atoms with Gasteiger partial charge in [0, 0.05) is 18.6 Å². The largest absolute Gasteiger partial charge is 0.477 e. The minimum atomic E-state index is -0.685. The molecular weight excluding hydrogens is 350 g/mol. The molecular formula is C19H19N3O5. The zero-order valence-corrected chi connectivity index (χ0v) is 15.2. The summed E-state index contributed by atoms with van der Waals surface area (Å²) in [5.74, 6) is 0.00704. The fourth-order valence-corrected chi connectivity index (χ4v) is 2.65. The molecule has 0 aliphatic carbocycles. The maximum Gasteiger partial charge on any atom is 0.311 e. The van der Waals surface area contributed by atoms with Crippen LogP contribution in [0, 0.1) is 24.0 Å². The van der Waals surface area contributed by atoms with Crippen molar-refractivity contribution in [3.8, 4) is 5.75 Å². The van der Waals surface area contributed by atoms with Gasteiger partial charge in [0.2, 0.25) is 18.0 Å². The summed E-state index contributed by atoms with van der Waals surface area (Å²) in [5.41, 5.74) is 2.48. The highest BCUT2D eigenvalue weighted by Crippen LogP contribution is 2.30. The number of nitro groups is 1. The Kier molecular flexibility index (Phi) is 5.07. The van der Waals surface area contributed by atoms with Crippen LogP contribution in [0.3, 0.4) is 0 Å². The van der Waals surface area contributed by atoms with Crippen molar-refractivity contribution in [3.63, 3.8) is 0 Å². The highest BCUT2D eigenvalue weighted by Gasteiger charge is 2.32. The van der Waals surface area contributed by atoms with Crippen molar-refractivity contribution in [2.75, 3.05) is 6.61 Å². The number of nitrogens with zero attached hydrogens (tertiary/aromatic N) is 3. The molecule has 27 heavy (non-hydrogen) atoms. The molecule has 140 valence electrons. The third kappa shape index (κ3) is 4.05. The zero-order valence-electron chi connectivity index (χ0n) is 15.2. The first-order chi connectivity index (χ1) is 12.8. The summed E-state index contributed by atoms with van der Waals surface area (Å²) in [5, 5.41) is 16.6. The summed E-state index contributed by atoms with van der Waals surface area (Å²) in [6.07, 6.45) is -0.685. The summed E-state index contributed by atoms with van der Waals surface area (Å²) >= 11 is 0. The minimum Gasteiger partial charge on any atom is -0.477 e. The molecule has 0 N–H and O–H groups in total. The lowest BCUT2D eigenvalue weighted by Gasteiger charge is -2.19. The van der Waals surface area contributed by atoms with Crippen molar-refractivity contribution in [2.45, 2.75) is 27.0 Å². The number of nitro benzene ring substituents is 1. The molecule has 0 saturated carbocycles. The van der Waals surface area contributed by atoms with E-state index in [1.54, 1.807) is 13.0 Å². The van der Waals surface area contributed by atoms with Crippen LogP contribution in [0.4, 0.5) is 5.69 Å². The van der Waals surface area contributed by atoms with Crippen LogP contribution in [0.15, 0.2) is 47.6 Å². The van der Waals surface area contributed by atoms with E-state index in [1.165, 1.54) is 24.1 Å². The Hall–Kier alpha value is -3.42. The van der Waals surface area contributed by atoms with Gasteiger partial charge in [-0.3, -0.25) is 14.9 Å². The Morgan fingerprint density at radius 2 is 1.89 bits per heavy atom. The van der Waals surface area contributed by atoms with E-state index in [-0.39, 0.29) is 29.8 Å². The lowest BCUT2D eigenvalue weighted by molar-refractivity contribution is -0.385. The standard InChI is InChI=1S/C19H19N3O5/c1-12-4-7-15(8-5-12)19-21(14(3)23)20-18(27-19)11-26-17-9-6-13(2)10-16(17)22(24)25/h4-10,19H,11H2,1-3H3. The Bertz CT molecular complexity index is 908. The van der Waals surface area contributed by atoms with Crippen molar-refractivity contribution in [2.24, 2.45) is 5.10 Å². The predicted molar refractivity (Wildman–Crippen MR) is 98.3 cm³/mol. The maximum absolute atomic E-state index is 11.9. The average molecular weight is 369 g/mol. The molecule has 1 atom stereocenters. The first-order valence-corrected chi connectivity index (χ1v) is 8.33. The number of hydrazone groups is 1. The van der Waals surface area contributed by atoms with Crippen LogP contribution < -0.4 is 4.74 Å². The van der Waals surface area contributed by atoms with Crippen LogP contribution in [-0.2, 0) is 9.53 Å². The third-order valence-electron chi connectivity index (χ3n) is 4.04. The SMILES string of the molecule is CC(=O)N1N=C(COc2ccc(C)cc2[N+](=O)[O-])OC1c1ccc(C)cc1. The summed E-state index contributed by atoms with van der Waals surface area (Å²) in [6, 6.07) is 12.2. The number of hydrogen-bond donors (Lipinski definition) is 0. The summed E-state index contributed by atoms with van der Waals surface area (Å²) < 4.78 is 11.3. The van der Waals surface area contributed by atoms with Crippen molar-refractivity contribution in [1.29, 1.82) is 0 Å². The molecule has 0 aromatic heterocycles. The van der Waals surface area contributed by atoms with E-state index in [4.69, 9.17) is 9.47 Å². The molecule has 8 nitrogen and oxygen atoms in total. The number of carbonyl (C=O) groups excluding carboxylic acids is 1. The van der Waals surface area contributed by atoms with E-state index >= 15 is 0 Å². The van der Waals surface area contributed by atoms with Crippen molar-refractivity contribution in [1.82, 2.24) is 5.01 Å². The Balaban J connectivity index is 1.76. The summed E-state index contributed by atoms with van der Waals surface area (Å²) in [4.78, 5) is 22.6. The molecule has 3 rings (SSSR count). The second kappa shape index (κ2) is 7.45. The molecule has 1 aliphatic heterocycles. The topological polar surface area (TPSA) is 94.3 Å². The van der Waals surface area contributed by atoms with Crippen LogP contribution in [0.1, 0.15) is 29.8 Å². The molecule has 0 bridgehead atoms. The highest BCUT2D eigenvalue weighted by molar-refractivity contribution is 5.83. The van der Waals surface area contributed by atoms with Crippen LogP contribution >= 0.6 is 0 Å². The zero-order chi connectivity index (χ0) is 19.6. The van der Waals surface area contributed by atoms with Gasteiger partial charge in [-0.15, -0.1) is 5.10 Å². The molecule has 0 fully saturated rings. The molecule has 1 unspecified atom stereocenters. The number of rotatable bonds is 5. The van der Waals surface area contributed by atoms with E-state index < -0.39 is 11.2 Å². The maximum atomic E-state index is 11.9. The number of carbonyl (C=O) groups is 1. The minimum absolute atomic E-state index is 0.116. The number of aryl methyl sites for hydroxylation is 2. The second-order valence-electron chi connectivity index (χ2n) is 6.26. The predicted octanol–water partition coefficient (Wildman–Crippen LogP) is 3.48. The molecule has 2 aromatic rings. The van der Waals surface area contributed by atoms with Gasteiger partial charge in [-0.2, -0.15) is 5.01 Å². The van der Waals surface area contributed by atoms with Crippen LogP contribution in [0.25, 0.3) is 0 Å². The molecule has 0 spiro atoms. The molecule has 1 aliphatic rings. The van der Waals surface area contributed by atoms with Crippen molar-refractivity contribution < 1.29 is 19.2 Å². The molecule has 0 radical (unpaired) electrons. The van der Waals surface area contributed by atoms with E-state index in [0.717, 1.165) is 16.7 Å². The molecule has 1 heterocycles. The smallest absolute Gasteiger partial charge is 0.311 e. The van der Waals surface area contributed by atoms with E-state index in [0.29, 0.717) is 0 Å². The van der Waals surface area contributed by atoms with Gasteiger partial charge in [-0.05, 0) is 25.5 Å². The monoisotopic (exact) mass is 369 g/mol. The summed E-state index contributed by atoms with van der Waals surface area (Å²) in [7, 11) is 0. The third-order valence-corrected chi connectivity index (χ3v) is 4.04. The Labute approximate surface area is 156 Å². The number of ether oxygens (including phenoxy) is 2.